The molecule has 2 nitrogen and oxygen atoms in total. The molecule has 0 saturated carbocycles. The van der Waals surface area contributed by atoms with Gasteiger partial charge in [-0.05, 0) is 36.4 Å². The Bertz CT molecular complexity index is 398. The Morgan fingerprint density at radius 3 is 1.87 bits per heavy atom. The highest BCUT2D eigenvalue weighted by Gasteiger charge is 1.92. The van der Waals surface area contributed by atoms with E-state index in [-0.39, 0.29) is 13.5 Å². The first-order chi connectivity index (χ1) is 6.84. The molecule has 0 aromatic heterocycles. The van der Waals surface area contributed by atoms with Gasteiger partial charge < -0.3 is 11.1 Å². The largest absolute Gasteiger partial charge is 0.399 e. The van der Waals surface area contributed by atoms with E-state index in [2.05, 4.69) is 5.32 Å². The Morgan fingerprint density at radius 1 is 0.733 bits per heavy atom. The van der Waals surface area contributed by atoms with Crippen LogP contribution in [0.3, 0.4) is 0 Å². The Morgan fingerprint density at radius 2 is 1.27 bits per heavy atom. The molecule has 0 spiro atoms. The number of nitrogen functional groups attached to an aromatic ring is 1. The second-order valence-electron chi connectivity index (χ2n) is 3.11. The predicted molar refractivity (Wildman–Crippen MR) is 71.0 cm³/mol. The van der Waals surface area contributed by atoms with Gasteiger partial charge in [-0.1, -0.05) is 18.2 Å². The van der Waals surface area contributed by atoms with Crippen molar-refractivity contribution in [2.24, 2.45) is 0 Å². The van der Waals surface area contributed by atoms with Gasteiger partial charge in [-0.2, -0.15) is 13.5 Å². The normalized spacial score (nSPS) is 9.07. The average Bonchev–Trinajstić information content (AvgIpc) is 2.23. The number of hydrogen-bond acceptors (Lipinski definition) is 2. The van der Waals surface area contributed by atoms with E-state index in [1.54, 1.807) is 0 Å². The van der Waals surface area contributed by atoms with Crippen molar-refractivity contribution in [2.45, 2.75) is 0 Å². The SMILES string of the molecule is Nc1ccc(Nc2ccccc2)cc1.S. The van der Waals surface area contributed by atoms with E-state index in [0.717, 1.165) is 17.1 Å². The number of nitrogens with one attached hydrogen (secondary N) is 1. The van der Waals surface area contributed by atoms with Crippen molar-refractivity contribution < 1.29 is 0 Å². The molecule has 0 aliphatic carbocycles. The first-order valence-electron chi connectivity index (χ1n) is 4.52. The molecule has 3 N–H and O–H groups in total. The van der Waals surface area contributed by atoms with Crippen LogP contribution in [0.1, 0.15) is 0 Å². The van der Waals surface area contributed by atoms with Gasteiger partial charge in [-0.3, -0.25) is 0 Å². The van der Waals surface area contributed by atoms with E-state index in [1.165, 1.54) is 0 Å². The summed E-state index contributed by atoms with van der Waals surface area (Å²) >= 11 is 0. The maximum atomic E-state index is 5.59. The molecule has 2 rings (SSSR count). The lowest BCUT2D eigenvalue weighted by Crippen LogP contribution is -1.90. The first-order valence-corrected chi connectivity index (χ1v) is 4.52. The Kier molecular flexibility index (Phi) is 4.06. The maximum absolute atomic E-state index is 5.59. The Balaban J connectivity index is 0.00000112. The van der Waals surface area contributed by atoms with Crippen LogP contribution in [0.4, 0.5) is 17.1 Å². The number of anilines is 3. The first kappa shape index (κ1) is 11.5. The van der Waals surface area contributed by atoms with Crippen LogP contribution >= 0.6 is 13.5 Å². The Labute approximate surface area is 96.6 Å². The monoisotopic (exact) mass is 218 g/mol. The summed E-state index contributed by atoms with van der Waals surface area (Å²) < 4.78 is 0. The highest BCUT2D eigenvalue weighted by molar-refractivity contribution is 7.59. The fourth-order valence-electron chi connectivity index (χ4n) is 1.25. The number of para-hydroxylation sites is 1. The number of nitrogens with two attached hydrogens (primary N) is 1. The molecule has 0 radical (unpaired) electrons. The molecule has 3 heteroatoms. The topological polar surface area (TPSA) is 38.0 Å². The lowest BCUT2D eigenvalue weighted by Gasteiger charge is -2.05. The van der Waals surface area contributed by atoms with Crippen LogP contribution in [0.2, 0.25) is 0 Å². The number of hydrogen-bond donors (Lipinski definition) is 2. The Hall–Kier alpha value is -1.61. The predicted octanol–water partition coefficient (Wildman–Crippen LogP) is 3.13. The van der Waals surface area contributed by atoms with Crippen LogP contribution in [0.15, 0.2) is 54.6 Å². The third kappa shape index (κ3) is 3.22. The molecule has 15 heavy (non-hydrogen) atoms. The second kappa shape index (κ2) is 5.32. The van der Waals surface area contributed by atoms with Gasteiger partial charge in [-0.25, -0.2) is 0 Å². The summed E-state index contributed by atoms with van der Waals surface area (Å²) in [6.07, 6.45) is 0. The smallest absolute Gasteiger partial charge is 0.0385 e. The second-order valence-corrected chi connectivity index (χ2v) is 3.11. The van der Waals surface area contributed by atoms with Gasteiger partial charge in [-0.15, -0.1) is 0 Å². The molecule has 0 heterocycles. The fraction of sp³-hybridized carbons (Fsp3) is 0. The zero-order chi connectivity index (χ0) is 9.80. The van der Waals surface area contributed by atoms with E-state index >= 15 is 0 Å². The van der Waals surface area contributed by atoms with Crippen LogP contribution in [-0.2, 0) is 0 Å². The van der Waals surface area contributed by atoms with Crippen molar-refractivity contribution in [3.63, 3.8) is 0 Å². The van der Waals surface area contributed by atoms with Crippen molar-refractivity contribution in [3.8, 4) is 0 Å². The molecule has 0 amide bonds. The molecule has 0 unspecified atom stereocenters. The summed E-state index contributed by atoms with van der Waals surface area (Å²) in [5, 5.41) is 3.28. The third-order valence-corrected chi connectivity index (χ3v) is 1.97. The third-order valence-electron chi connectivity index (χ3n) is 1.97. The van der Waals surface area contributed by atoms with Crippen LogP contribution in [0.25, 0.3) is 0 Å². The summed E-state index contributed by atoms with van der Waals surface area (Å²) in [6, 6.07) is 17.7. The van der Waals surface area contributed by atoms with E-state index in [0.29, 0.717) is 0 Å². The molecule has 0 bridgehead atoms. The van der Waals surface area contributed by atoms with Gasteiger partial charge in [0.25, 0.3) is 0 Å². The van der Waals surface area contributed by atoms with E-state index in [1.807, 2.05) is 54.6 Å². The minimum Gasteiger partial charge on any atom is -0.399 e. The number of benzene rings is 2. The van der Waals surface area contributed by atoms with Gasteiger partial charge in [0.15, 0.2) is 0 Å². The maximum Gasteiger partial charge on any atom is 0.0385 e. The molecular formula is C12H14N2S. The molecule has 2 aromatic rings. The number of rotatable bonds is 2. The van der Waals surface area contributed by atoms with Gasteiger partial charge in [0, 0.05) is 17.1 Å². The van der Waals surface area contributed by atoms with Crippen LogP contribution in [0, 0.1) is 0 Å². The summed E-state index contributed by atoms with van der Waals surface area (Å²) in [7, 11) is 0. The highest BCUT2D eigenvalue weighted by atomic mass is 32.1. The fourth-order valence-corrected chi connectivity index (χ4v) is 1.25. The van der Waals surface area contributed by atoms with Gasteiger partial charge in [0.05, 0.1) is 0 Å². The van der Waals surface area contributed by atoms with E-state index in [9.17, 15) is 0 Å². The molecule has 0 fully saturated rings. The highest BCUT2D eigenvalue weighted by Crippen LogP contribution is 2.16. The summed E-state index contributed by atoms with van der Waals surface area (Å²) in [5.74, 6) is 0. The van der Waals surface area contributed by atoms with E-state index < -0.39 is 0 Å². The van der Waals surface area contributed by atoms with Crippen LogP contribution < -0.4 is 11.1 Å². The van der Waals surface area contributed by atoms with Crippen LogP contribution in [0.5, 0.6) is 0 Å². The van der Waals surface area contributed by atoms with Crippen molar-refractivity contribution in [1.29, 1.82) is 0 Å². The molecule has 0 saturated heterocycles. The molecule has 0 aliphatic heterocycles. The zero-order valence-electron chi connectivity index (χ0n) is 8.27. The van der Waals surface area contributed by atoms with Gasteiger partial charge in [0.2, 0.25) is 0 Å². The summed E-state index contributed by atoms with van der Waals surface area (Å²) in [6.45, 7) is 0. The summed E-state index contributed by atoms with van der Waals surface area (Å²) in [4.78, 5) is 0. The minimum atomic E-state index is 0. The average molecular weight is 218 g/mol. The van der Waals surface area contributed by atoms with Crippen LogP contribution in [-0.4, -0.2) is 0 Å². The van der Waals surface area contributed by atoms with Gasteiger partial charge >= 0.3 is 0 Å². The molecule has 2 aromatic carbocycles. The molecule has 0 aliphatic rings. The molecule has 0 atom stereocenters. The van der Waals surface area contributed by atoms with Gasteiger partial charge in [0.1, 0.15) is 0 Å². The molecular weight excluding hydrogens is 204 g/mol. The quantitative estimate of drug-likeness (QED) is 0.760. The summed E-state index contributed by atoms with van der Waals surface area (Å²) in [5.41, 5.74) is 8.50. The zero-order valence-corrected chi connectivity index (χ0v) is 9.27. The van der Waals surface area contributed by atoms with Crippen molar-refractivity contribution in [3.05, 3.63) is 54.6 Å². The molecule has 78 valence electrons. The van der Waals surface area contributed by atoms with Crippen molar-refractivity contribution in [2.75, 3.05) is 11.1 Å². The van der Waals surface area contributed by atoms with Crippen molar-refractivity contribution in [1.82, 2.24) is 0 Å². The van der Waals surface area contributed by atoms with Crippen molar-refractivity contribution >= 4 is 30.6 Å². The minimum absolute atomic E-state index is 0. The van der Waals surface area contributed by atoms with E-state index in [4.69, 9.17) is 5.73 Å². The lowest BCUT2D eigenvalue weighted by molar-refractivity contribution is 1.55. The lowest BCUT2D eigenvalue weighted by atomic mass is 10.2. The standard InChI is InChI=1S/C12H12N2.H2S/c13-10-6-8-12(9-7-10)14-11-4-2-1-3-5-11;/h1-9,14H,13H2;1H2.